The lowest BCUT2D eigenvalue weighted by atomic mass is 10.2. The van der Waals surface area contributed by atoms with Crippen LogP contribution in [-0.4, -0.2) is 12.6 Å². The first kappa shape index (κ1) is 15.8. The highest BCUT2D eigenvalue weighted by Gasteiger charge is 2.10. The van der Waals surface area contributed by atoms with Crippen LogP contribution in [0.1, 0.15) is 23.7 Å². The summed E-state index contributed by atoms with van der Waals surface area (Å²) >= 11 is 0. The fourth-order valence-electron chi connectivity index (χ4n) is 2.18. The van der Waals surface area contributed by atoms with Crippen molar-refractivity contribution in [2.45, 2.75) is 13.3 Å². The van der Waals surface area contributed by atoms with Crippen molar-refractivity contribution in [1.29, 1.82) is 0 Å². The van der Waals surface area contributed by atoms with Crippen molar-refractivity contribution < 1.29 is 18.7 Å². The fourth-order valence-corrected chi connectivity index (χ4v) is 2.18. The molecule has 0 N–H and O–H groups in total. The van der Waals surface area contributed by atoms with Crippen molar-refractivity contribution in [2.75, 3.05) is 6.61 Å². The minimum atomic E-state index is -0.491. The maximum Gasteiger partial charge on any atom is 0.343 e. The number of hydrogen-bond donors (Lipinski definition) is 0. The molecule has 3 aromatic rings. The van der Waals surface area contributed by atoms with Gasteiger partial charge in [0.2, 0.25) is 0 Å². The van der Waals surface area contributed by atoms with Crippen LogP contribution in [0.4, 0.5) is 0 Å². The molecule has 0 fully saturated rings. The largest absolute Gasteiger partial charge is 0.494 e. The number of carbonyl (C=O) groups excluding carboxylic acids is 1. The van der Waals surface area contributed by atoms with Gasteiger partial charge < -0.3 is 13.9 Å². The monoisotopic (exact) mass is 324 g/mol. The van der Waals surface area contributed by atoms with Gasteiger partial charge in [0.25, 0.3) is 0 Å². The van der Waals surface area contributed by atoms with Crippen molar-refractivity contribution in [3.8, 4) is 11.5 Å². The van der Waals surface area contributed by atoms with Gasteiger partial charge in [0.05, 0.1) is 12.2 Å². The standard InChI is InChI=1S/C19H16O5/c1-2-11-22-15-7-4-14(5-8-15)19(21)23-16-9-3-13-6-10-18(20)24-17(13)12-16/h3-10,12H,2,11H2,1H3. The molecule has 0 saturated carbocycles. The van der Waals surface area contributed by atoms with E-state index in [0.717, 1.165) is 11.8 Å². The third-order valence-corrected chi connectivity index (χ3v) is 3.37. The molecule has 0 aliphatic carbocycles. The molecule has 0 saturated heterocycles. The topological polar surface area (TPSA) is 65.7 Å². The van der Waals surface area contributed by atoms with E-state index in [1.165, 1.54) is 12.1 Å². The molecule has 0 spiro atoms. The molecule has 0 aliphatic heterocycles. The third-order valence-electron chi connectivity index (χ3n) is 3.37. The second-order valence-corrected chi connectivity index (χ2v) is 5.22. The summed E-state index contributed by atoms with van der Waals surface area (Å²) in [4.78, 5) is 23.4. The molecule has 3 rings (SSSR count). The van der Waals surface area contributed by atoms with Gasteiger partial charge >= 0.3 is 11.6 Å². The van der Waals surface area contributed by atoms with E-state index in [9.17, 15) is 9.59 Å². The molecule has 0 bridgehead atoms. The molecule has 1 aromatic heterocycles. The molecule has 0 atom stereocenters. The Hall–Kier alpha value is -3.08. The smallest absolute Gasteiger partial charge is 0.343 e. The summed E-state index contributed by atoms with van der Waals surface area (Å²) in [6.45, 7) is 2.66. The molecule has 1 heterocycles. The van der Waals surface area contributed by atoms with E-state index in [0.29, 0.717) is 29.3 Å². The zero-order valence-electron chi connectivity index (χ0n) is 13.2. The van der Waals surface area contributed by atoms with Gasteiger partial charge in [0.1, 0.15) is 17.1 Å². The Kier molecular flexibility index (Phi) is 4.61. The lowest BCUT2D eigenvalue weighted by Gasteiger charge is -2.07. The predicted octanol–water partition coefficient (Wildman–Crippen LogP) is 3.80. The van der Waals surface area contributed by atoms with E-state index >= 15 is 0 Å². The van der Waals surface area contributed by atoms with E-state index in [2.05, 4.69) is 0 Å². The van der Waals surface area contributed by atoms with Gasteiger partial charge in [-0.3, -0.25) is 0 Å². The molecule has 5 heteroatoms. The van der Waals surface area contributed by atoms with Crippen LogP contribution in [0.5, 0.6) is 11.5 Å². The first-order valence-electron chi connectivity index (χ1n) is 7.64. The molecule has 122 valence electrons. The summed E-state index contributed by atoms with van der Waals surface area (Å²) < 4.78 is 15.9. The maximum atomic E-state index is 12.2. The Morgan fingerprint density at radius 1 is 1.00 bits per heavy atom. The Bertz CT molecular complexity index is 909. The zero-order valence-corrected chi connectivity index (χ0v) is 13.2. The van der Waals surface area contributed by atoms with Gasteiger partial charge in [-0.15, -0.1) is 0 Å². The summed E-state index contributed by atoms with van der Waals surface area (Å²) in [5.41, 5.74) is 0.332. The van der Waals surface area contributed by atoms with E-state index in [1.54, 1.807) is 42.5 Å². The van der Waals surface area contributed by atoms with Crippen LogP contribution in [0, 0.1) is 0 Å². The van der Waals surface area contributed by atoms with Gasteiger partial charge in [0, 0.05) is 17.5 Å². The van der Waals surface area contributed by atoms with Gasteiger partial charge in [-0.1, -0.05) is 6.92 Å². The van der Waals surface area contributed by atoms with Crippen molar-refractivity contribution in [3.63, 3.8) is 0 Å². The van der Waals surface area contributed by atoms with Crippen LogP contribution in [0.25, 0.3) is 11.0 Å². The number of carbonyl (C=O) groups is 1. The Morgan fingerprint density at radius 2 is 1.71 bits per heavy atom. The molecule has 0 radical (unpaired) electrons. The SMILES string of the molecule is CCCOc1ccc(C(=O)Oc2ccc3ccc(=O)oc3c2)cc1. The van der Waals surface area contributed by atoms with Crippen LogP contribution in [0.3, 0.4) is 0 Å². The molecule has 0 aliphatic rings. The summed E-state index contributed by atoms with van der Waals surface area (Å²) in [5, 5.41) is 0.756. The molecule has 0 amide bonds. The normalized spacial score (nSPS) is 10.5. The number of esters is 1. The quantitative estimate of drug-likeness (QED) is 0.406. The van der Waals surface area contributed by atoms with Crippen LogP contribution >= 0.6 is 0 Å². The first-order valence-corrected chi connectivity index (χ1v) is 7.64. The van der Waals surface area contributed by atoms with Gasteiger partial charge in [-0.2, -0.15) is 0 Å². The van der Waals surface area contributed by atoms with Gasteiger partial charge in [-0.25, -0.2) is 9.59 Å². The Labute approximate surface area is 138 Å². The van der Waals surface area contributed by atoms with Crippen molar-refractivity contribution in [3.05, 3.63) is 70.6 Å². The highest BCUT2D eigenvalue weighted by Crippen LogP contribution is 2.21. The molecule has 24 heavy (non-hydrogen) atoms. The van der Waals surface area contributed by atoms with Gasteiger partial charge in [0.15, 0.2) is 0 Å². The number of benzene rings is 2. The molecule has 5 nitrogen and oxygen atoms in total. The lowest BCUT2D eigenvalue weighted by molar-refractivity contribution is 0.0735. The number of rotatable bonds is 5. The summed E-state index contributed by atoms with van der Waals surface area (Å²) in [5.74, 6) is 0.531. The van der Waals surface area contributed by atoms with Crippen LogP contribution < -0.4 is 15.1 Å². The minimum Gasteiger partial charge on any atom is -0.494 e. The first-order chi connectivity index (χ1) is 11.7. The van der Waals surface area contributed by atoms with Crippen LogP contribution in [0.2, 0.25) is 0 Å². The number of fused-ring (bicyclic) bond motifs is 1. The fraction of sp³-hybridized carbons (Fsp3) is 0.158. The maximum absolute atomic E-state index is 12.2. The second kappa shape index (κ2) is 7.00. The van der Waals surface area contributed by atoms with Crippen molar-refractivity contribution in [1.82, 2.24) is 0 Å². The minimum absolute atomic E-state index is 0.313. The third kappa shape index (κ3) is 3.63. The van der Waals surface area contributed by atoms with E-state index in [-0.39, 0.29) is 0 Å². The summed E-state index contributed by atoms with van der Waals surface area (Å²) in [6, 6.07) is 14.6. The Morgan fingerprint density at radius 3 is 2.46 bits per heavy atom. The molecule has 0 unspecified atom stereocenters. The van der Waals surface area contributed by atoms with E-state index in [4.69, 9.17) is 13.9 Å². The number of ether oxygens (including phenoxy) is 2. The number of hydrogen-bond acceptors (Lipinski definition) is 5. The average Bonchev–Trinajstić information content (AvgIpc) is 2.60. The Balaban J connectivity index is 1.75. The summed E-state index contributed by atoms with van der Waals surface area (Å²) in [6.07, 6.45) is 0.919. The second-order valence-electron chi connectivity index (χ2n) is 5.22. The predicted molar refractivity (Wildman–Crippen MR) is 89.7 cm³/mol. The lowest BCUT2D eigenvalue weighted by Crippen LogP contribution is -2.08. The highest BCUT2D eigenvalue weighted by atomic mass is 16.5. The van der Waals surface area contributed by atoms with Crippen LogP contribution in [-0.2, 0) is 0 Å². The molecule has 2 aromatic carbocycles. The van der Waals surface area contributed by atoms with E-state index in [1.807, 2.05) is 6.92 Å². The van der Waals surface area contributed by atoms with Crippen LogP contribution in [0.15, 0.2) is 63.8 Å². The molecular weight excluding hydrogens is 308 g/mol. The summed E-state index contributed by atoms with van der Waals surface area (Å²) in [7, 11) is 0. The molecular formula is C19H16O5. The average molecular weight is 324 g/mol. The highest BCUT2D eigenvalue weighted by molar-refractivity contribution is 5.91. The van der Waals surface area contributed by atoms with Gasteiger partial charge in [-0.05, 0) is 48.9 Å². The van der Waals surface area contributed by atoms with Crippen molar-refractivity contribution in [2.24, 2.45) is 0 Å². The zero-order chi connectivity index (χ0) is 16.9. The van der Waals surface area contributed by atoms with E-state index < -0.39 is 11.6 Å². The van der Waals surface area contributed by atoms with Crippen molar-refractivity contribution >= 4 is 16.9 Å².